The van der Waals surface area contributed by atoms with Gasteiger partial charge in [-0.2, -0.15) is 13.2 Å². The van der Waals surface area contributed by atoms with E-state index in [1.54, 1.807) is 0 Å². The van der Waals surface area contributed by atoms with Crippen molar-refractivity contribution in [3.63, 3.8) is 0 Å². The second-order valence-corrected chi connectivity index (χ2v) is 9.10. The molecule has 0 fully saturated rings. The van der Waals surface area contributed by atoms with Gasteiger partial charge in [0.05, 0.1) is 5.56 Å². The summed E-state index contributed by atoms with van der Waals surface area (Å²) in [4.78, 5) is 2.46. The smallest absolute Gasteiger partial charge is 0.401 e. The van der Waals surface area contributed by atoms with Crippen LogP contribution < -0.4 is 22.5 Å². The van der Waals surface area contributed by atoms with E-state index < -0.39 is 11.7 Å². The number of hydrogen-bond donors (Lipinski definition) is 4. The first-order valence-corrected chi connectivity index (χ1v) is 14.3. The Bertz CT molecular complexity index is 1150. The average Bonchev–Trinajstić information content (AvgIpc) is 3.01. The van der Waals surface area contributed by atoms with Gasteiger partial charge in [-0.15, -0.1) is 0 Å². The lowest BCUT2D eigenvalue weighted by molar-refractivity contribution is -0.138. The summed E-state index contributed by atoms with van der Waals surface area (Å²) in [5.41, 5.74) is 21.8. The number of benzene rings is 3. The molecular formula is C33H48F3N5. The van der Waals surface area contributed by atoms with Crippen LogP contribution in [0.5, 0.6) is 0 Å². The Hall–Kier alpha value is -3.49. The van der Waals surface area contributed by atoms with Crippen LogP contribution >= 0.6 is 0 Å². The number of para-hydroxylation sites is 1. The summed E-state index contributed by atoms with van der Waals surface area (Å²) >= 11 is 0. The second-order valence-electron chi connectivity index (χ2n) is 9.10. The summed E-state index contributed by atoms with van der Waals surface area (Å²) in [6, 6.07) is 24.6. The quantitative estimate of drug-likeness (QED) is 0.228. The Morgan fingerprint density at radius 2 is 1.44 bits per heavy atom. The number of nitrogens with one attached hydrogen (secondary N) is 1. The molecule has 0 saturated heterocycles. The minimum atomic E-state index is -4.30. The van der Waals surface area contributed by atoms with Crippen LogP contribution in [0.1, 0.15) is 62.3 Å². The molecule has 0 amide bonds. The van der Waals surface area contributed by atoms with E-state index in [1.165, 1.54) is 47.8 Å². The Morgan fingerprint density at radius 1 is 0.854 bits per heavy atom. The van der Waals surface area contributed by atoms with Crippen molar-refractivity contribution in [1.29, 1.82) is 0 Å². The first-order valence-electron chi connectivity index (χ1n) is 14.3. The first kappa shape index (κ1) is 35.5. The summed E-state index contributed by atoms with van der Waals surface area (Å²) in [7, 11) is 1.50. The third-order valence-electron chi connectivity index (χ3n) is 6.33. The van der Waals surface area contributed by atoms with Crippen LogP contribution in [0.15, 0.2) is 90.3 Å². The Morgan fingerprint density at radius 3 is 2.02 bits per heavy atom. The molecule has 0 saturated carbocycles. The second kappa shape index (κ2) is 19.6. The summed E-state index contributed by atoms with van der Waals surface area (Å²) in [5, 5.41) is 3.55. The highest BCUT2D eigenvalue weighted by molar-refractivity contribution is 5.52. The van der Waals surface area contributed by atoms with Gasteiger partial charge in [-0.25, -0.2) is 0 Å². The van der Waals surface area contributed by atoms with Gasteiger partial charge in [0.15, 0.2) is 0 Å². The maximum atomic E-state index is 12.2. The normalized spacial score (nSPS) is 12.7. The van der Waals surface area contributed by atoms with Crippen molar-refractivity contribution in [2.24, 2.45) is 17.2 Å². The molecule has 4 rings (SSSR count). The fraction of sp³-hybridized carbons (Fsp3) is 0.394. The number of anilines is 1. The van der Waals surface area contributed by atoms with Gasteiger partial charge in [-0.3, -0.25) is 0 Å². The average molecular weight is 572 g/mol. The molecule has 8 heteroatoms. The molecule has 3 aromatic rings. The molecule has 0 radical (unpaired) electrons. The van der Waals surface area contributed by atoms with Crippen molar-refractivity contribution in [3.8, 4) is 0 Å². The topological polar surface area (TPSA) is 93.3 Å². The molecule has 0 atom stereocenters. The van der Waals surface area contributed by atoms with Gasteiger partial charge in [0.25, 0.3) is 0 Å². The van der Waals surface area contributed by atoms with Crippen molar-refractivity contribution < 1.29 is 13.2 Å². The molecule has 0 aromatic heterocycles. The molecule has 0 bridgehead atoms. The van der Waals surface area contributed by atoms with Crippen LogP contribution in [0, 0.1) is 0 Å². The van der Waals surface area contributed by atoms with Gasteiger partial charge >= 0.3 is 6.18 Å². The minimum absolute atomic E-state index is 0.0876. The monoisotopic (exact) mass is 571 g/mol. The zero-order valence-electron chi connectivity index (χ0n) is 25.0. The van der Waals surface area contributed by atoms with E-state index in [-0.39, 0.29) is 12.1 Å². The zero-order valence-corrected chi connectivity index (χ0v) is 25.0. The molecule has 5 nitrogen and oxygen atoms in total. The number of hydrogen-bond acceptors (Lipinski definition) is 5. The van der Waals surface area contributed by atoms with E-state index in [4.69, 9.17) is 11.5 Å². The summed E-state index contributed by atoms with van der Waals surface area (Å²) in [5.74, 6) is 0. The van der Waals surface area contributed by atoms with Crippen molar-refractivity contribution in [2.45, 2.75) is 65.7 Å². The van der Waals surface area contributed by atoms with Gasteiger partial charge in [-0.05, 0) is 55.1 Å². The lowest BCUT2D eigenvalue weighted by atomic mass is 10.00. The molecule has 7 N–H and O–H groups in total. The molecule has 41 heavy (non-hydrogen) atoms. The standard InChI is InChI=1S/C22H29N3.C8H8F3N.C2H6.CH5N/c1-2-14-24-21-13-7-6-11-19(21)16-22-20(23)12-8-15-25(22)17-18-9-4-3-5-10-18;9-8(10,11)7-4-2-1-3-6(7)5-12;2*1-2/h3-7,9-11,13,24H,2,8,12,14-17,23H2,1H3;1-4H,5,12H2;1-2H3;2H2,1H3. The highest BCUT2D eigenvalue weighted by atomic mass is 19.4. The van der Waals surface area contributed by atoms with Crippen LogP contribution in [-0.2, 0) is 25.7 Å². The summed E-state index contributed by atoms with van der Waals surface area (Å²) in [6.45, 7) is 9.12. The van der Waals surface area contributed by atoms with E-state index >= 15 is 0 Å². The molecule has 0 aliphatic carbocycles. The van der Waals surface area contributed by atoms with Crippen LogP contribution in [0.3, 0.4) is 0 Å². The van der Waals surface area contributed by atoms with Gasteiger partial charge < -0.3 is 27.4 Å². The predicted molar refractivity (Wildman–Crippen MR) is 167 cm³/mol. The van der Waals surface area contributed by atoms with Gasteiger partial charge in [0, 0.05) is 49.7 Å². The van der Waals surface area contributed by atoms with Crippen molar-refractivity contribution >= 4 is 5.69 Å². The van der Waals surface area contributed by atoms with E-state index in [2.05, 4.69) is 77.5 Å². The Balaban J connectivity index is 0.000000441. The van der Waals surface area contributed by atoms with Crippen molar-refractivity contribution in [1.82, 2.24) is 4.90 Å². The molecular weight excluding hydrogens is 523 g/mol. The Kier molecular flexibility index (Phi) is 17.0. The molecule has 3 aromatic carbocycles. The summed E-state index contributed by atoms with van der Waals surface area (Å²) in [6.07, 6.45) is -0.135. The van der Waals surface area contributed by atoms with E-state index in [1.807, 2.05) is 13.8 Å². The predicted octanol–water partition coefficient (Wildman–Crippen LogP) is 7.28. The van der Waals surface area contributed by atoms with E-state index in [0.717, 1.165) is 57.1 Å². The van der Waals surface area contributed by atoms with Crippen molar-refractivity contribution in [2.75, 3.05) is 25.5 Å². The molecule has 1 heterocycles. The SMILES string of the molecule is CC.CCCNc1ccccc1CC1=C(N)CCCN1Cc1ccccc1.CN.NCc1ccccc1C(F)(F)F. The fourth-order valence-electron chi connectivity index (χ4n) is 4.41. The third kappa shape index (κ3) is 11.9. The van der Waals surface area contributed by atoms with E-state index in [9.17, 15) is 13.2 Å². The van der Waals surface area contributed by atoms with Crippen LogP contribution in [0.25, 0.3) is 0 Å². The van der Waals surface area contributed by atoms with Gasteiger partial charge in [0.1, 0.15) is 0 Å². The highest BCUT2D eigenvalue weighted by Crippen LogP contribution is 2.31. The maximum Gasteiger partial charge on any atom is 0.416 e. The third-order valence-corrected chi connectivity index (χ3v) is 6.33. The number of alkyl halides is 3. The first-order chi connectivity index (χ1) is 19.8. The largest absolute Gasteiger partial charge is 0.416 e. The zero-order chi connectivity index (χ0) is 30.7. The van der Waals surface area contributed by atoms with Crippen molar-refractivity contribution in [3.05, 3.63) is 113 Å². The lowest BCUT2D eigenvalue weighted by Crippen LogP contribution is -2.32. The lowest BCUT2D eigenvalue weighted by Gasteiger charge is -2.33. The van der Waals surface area contributed by atoms with Crippen LogP contribution in [0.4, 0.5) is 18.9 Å². The highest BCUT2D eigenvalue weighted by Gasteiger charge is 2.32. The molecule has 226 valence electrons. The molecule has 1 aliphatic heterocycles. The minimum Gasteiger partial charge on any atom is -0.401 e. The van der Waals surface area contributed by atoms with E-state index in [0.29, 0.717) is 0 Å². The number of halogens is 3. The summed E-state index contributed by atoms with van der Waals surface area (Å²) < 4.78 is 36.5. The number of allylic oxidation sites excluding steroid dienone is 2. The molecule has 0 unspecified atom stereocenters. The number of rotatable bonds is 8. The van der Waals surface area contributed by atoms with Gasteiger partial charge in [-0.1, -0.05) is 87.5 Å². The van der Waals surface area contributed by atoms with Crippen LogP contribution in [0.2, 0.25) is 0 Å². The molecule has 1 aliphatic rings. The Labute approximate surface area is 244 Å². The maximum absolute atomic E-state index is 12.2. The number of nitrogens with two attached hydrogens (primary N) is 3. The van der Waals surface area contributed by atoms with Gasteiger partial charge in [0.2, 0.25) is 0 Å². The molecule has 0 spiro atoms. The van der Waals surface area contributed by atoms with Crippen LogP contribution in [-0.4, -0.2) is 25.0 Å². The fourth-order valence-corrected chi connectivity index (χ4v) is 4.41. The number of nitrogens with zero attached hydrogens (tertiary/aromatic N) is 1.